The minimum Gasteiger partial charge on any atom is -0.396 e. The Morgan fingerprint density at radius 3 is 2.32 bits per heavy atom. The fourth-order valence-corrected chi connectivity index (χ4v) is 5.14. The molecule has 2 heterocycles. The SMILES string of the molecule is CC(C)C(=O)N1[C@H](C)CN([C@H](CCO)c2ccccc2)C[C@@H]1C(=O)NCc1ccc(-c2ncccn2)cc1. The van der Waals surface area contributed by atoms with Gasteiger partial charge in [-0.15, -0.1) is 0 Å². The number of nitrogens with one attached hydrogen (secondary N) is 1. The van der Waals surface area contributed by atoms with Crippen molar-refractivity contribution < 1.29 is 14.7 Å². The Hall–Kier alpha value is -3.62. The van der Waals surface area contributed by atoms with Crippen LogP contribution >= 0.6 is 0 Å². The minimum absolute atomic E-state index is 0.0251. The van der Waals surface area contributed by atoms with Crippen molar-refractivity contribution in [2.45, 2.75) is 51.9 Å². The van der Waals surface area contributed by atoms with Gasteiger partial charge in [0.15, 0.2) is 5.82 Å². The highest BCUT2D eigenvalue weighted by Crippen LogP contribution is 2.30. The standard InChI is InChI=1S/C30H37N5O3/c1-21(2)30(38)35-22(3)19-34(26(14-17-36)24-8-5-4-6-9-24)20-27(35)29(37)33-18-23-10-12-25(13-11-23)28-31-15-7-16-32-28/h4-13,15-16,21-22,26-27,36H,14,17-20H2,1-3H3,(H,33,37)/t22-,26-,27-/m1/s1. The van der Waals surface area contributed by atoms with Crippen LogP contribution in [0, 0.1) is 5.92 Å². The van der Waals surface area contributed by atoms with Crippen molar-refractivity contribution in [1.82, 2.24) is 25.1 Å². The van der Waals surface area contributed by atoms with Crippen LogP contribution in [0.4, 0.5) is 0 Å². The first-order valence-electron chi connectivity index (χ1n) is 13.2. The van der Waals surface area contributed by atoms with E-state index in [1.54, 1.807) is 23.4 Å². The van der Waals surface area contributed by atoms with E-state index in [1.807, 2.05) is 63.2 Å². The van der Waals surface area contributed by atoms with Crippen LogP contribution in [0.15, 0.2) is 73.1 Å². The molecule has 3 atom stereocenters. The van der Waals surface area contributed by atoms with Gasteiger partial charge in [0, 0.05) is 62.2 Å². The minimum atomic E-state index is -0.629. The number of piperazine rings is 1. The Morgan fingerprint density at radius 1 is 1.00 bits per heavy atom. The summed E-state index contributed by atoms with van der Waals surface area (Å²) in [5, 5.41) is 12.9. The van der Waals surface area contributed by atoms with Crippen molar-refractivity contribution in [2.24, 2.45) is 5.92 Å². The second kappa shape index (κ2) is 12.8. The Balaban J connectivity index is 1.51. The normalized spacial score (nSPS) is 18.8. The number of aliphatic hydroxyl groups is 1. The van der Waals surface area contributed by atoms with Gasteiger partial charge in [-0.25, -0.2) is 9.97 Å². The topological polar surface area (TPSA) is 98.7 Å². The van der Waals surface area contributed by atoms with Gasteiger partial charge in [0.05, 0.1) is 0 Å². The molecule has 2 aromatic carbocycles. The van der Waals surface area contributed by atoms with Gasteiger partial charge in [-0.05, 0) is 30.5 Å². The molecule has 1 saturated heterocycles. The number of hydrogen-bond acceptors (Lipinski definition) is 6. The first-order valence-corrected chi connectivity index (χ1v) is 13.2. The number of rotatable bonds is 9. The first-order chi connectivity index (χ1) is 18.4. The molecule has 1 aliphatic heterocycles. The van der Waals surface area contributed by atoms with Crippen molar-refractivity contribution in [1.29, 1.82) is 0 Å². The molecule has 200 valence electrons. The summed E-state index contributed by atoms with van der Waals surface area (Å²) in [6.07, 6.45) is 3.97. The van der Waals surface area contributed by atoms with E-state index in [-0.39, 0.29) is 36.4 Å². The maximum absolute atomic E-state index is 13.6. The molecule has 0 saturated carbocycles. The van der Waals surface area contributed by atoms with E-state index in [0.717, 1.165) is 16.7 Å². The zero-order chi connectivity index (χ0) is 27.1. The number of aromatic nitrogens is 2. The van der Waals surface area contributed by atoms with Crippen LogP contribution in [-0.2, 0) is 16.1 Å². The predicted octanol–water partition coefficient (Wildman–Crippen LogP) is 3.44. The quantitative estimate of drug-likeness (QED) is 0.453. The van der Waals surface area contributed by atoms with Gasteiger partial charge in [0.25, 0.3) is 0 Å². The third-order valence-corrected chi connectivity index (χ3v) is 7.04. The maximum atomic E-state index is 13.6. The molecule has 3 aromatic rings. The predicted molar refractivity (Wildman–Crippen MR) is 147 cm³/mol. The van der Waals surface area contributed by atoms with Gasteiger partial charge >= 0.3 is 0 Å². The van der Waals surface area contributed by atoms with E-state index >= 15 is 0 Å². The molecular weight excluding hydrogens is 478 g/mol. The summed E-state index contributed by atoms with van der Waals surface area (Å²) < 4.78 is 0. The highest BCUT2D eigenvalue weighted by molar-refractivity contribution is 5.89. The number of aliphatic hydroxyl groups excluding tert-OH is 1. The molecule has 8 nitrogen and oxygen atoms in total. The van der Waals surface area contributed by atoms with Crippen molar-refractivity contribution in [3.8, 4) is 11.4 Å². The Kier molecular flexibility index (Phi) is 9.20. The fraction of sp³-hybridized carbons (Fsp3) is 0.400. The van der Waals surface area contributed by atoms with Crippen LogP contribution in [0.3, 0.4) is 0 Å². The van der Waals surface area contributed by atoms with Crippen LogP contribution in [0.25, 0.3) is 11.4 Å². The summed E-state index contributed by atoms with van der Waals surface area (Å²) in [4.78, 5) is 39.4. The lowest BCUT2D eigenvalue weighted by Crippen LogP contribution is -2.65. The lowest BCUT2D eigenvalue weighted by atomic mass is 9.96. The van der Waals surface area contributed by atoms with Crippen molar-refractivity contribution >= 4 is 11.8 Å². The summed E-state index contributed by atoms with van der Waals surface area (Å²) in [6.45, 7) is 7.16. The molecule has 1 fully saturated rings. The fourth-order valence-electron chi connectivity index (χ4n) is 5.14. The molecule has 38 heavy (non-hydrogen) atoms. The molecule has 1 aliphatic rings. The molecule has 0 spiro atoms. The van der Waals surface area contributed by atoms with E-state index < -0.39 is 6.04 Å². The van der Waals surface area contributed by atoms with E-state index in [1.165, 1.54) is 0 Å². The molecule has 0 aliphatic carbocycles. The average molecular weight is 516 g/mol. The Labute approximate surface area is 224 Å². The lowest BCUT2D eigenvalue weighted by Gasteiger charge is -2.48. The smallest absolute Gasteiger partial charge is 0.244 e. The summed E-state index contributed by atoms with van der Waals surface area (Å²) in [5.74, 6) is 0.234. The Bertz CT molecular complexity index is 1190. The zero-order valence-electron chi connectivity index (χ0n) is 22.3. The molecule has 0 bridgehead atoms. The summed E-state index contributed by atoms with van der Waals surface area (Å²) >= 11 is 0. The number of carbonyl (C=O) groups is 2. The molecular formula is C30H37N5O3. The second-order valence-corrected chi connectivity index (χ2v) is 10.1. The molecule has 0 radical (unpaired) electrons. The highest BCUT2D eigenvalue weighted by Gasteiger charge is 2.41. The zero-order valence-corrected chi connectivity index (χ0v) is 22.3. The number of nitrogens with zero attached hydrogens (tertiary/aromatic N) is 4. The molecule has 2 N–H and O–H groups in total. The molecule has 1 aromatic heterocycles. The van der Waals surface area contributed by atoms with E-state index in [2.05, 4.69) is 32.3 Å². The van der Waals surface area contributed by atoms with Crippen LogP contribution in [-0.4, -0.2) is 68.5 Å². The third kappa shape index (κ3) is 6.44. The maximum Gasteiger partial charge on any atom is 0.244 e. The lowest BCUT2D eigenvalue weighted by molar-refractivity contribution is -0.151. The van der Waals surface area contributed by atoms with E-state index in [9.17, 15) is 14.7 Å². The largest absolute Gasteiger partial charge is 0.396 e. The molecule has 4 rings (SSSR count). The summed E-state index contributed by atoms with van der Waals surface area (Å²) in [6, 6.07) is 18.8. The number of benzene rings is 2. The van der Waals surface area contributed by atoms with Crippen LogP contribution in [0.1, 0.15) is 44.4 Å². The van der Waals surface area contributed by atoms with Gasteiger partial charge in [-0.1, -0.05) is 68.4 Å². The van der Waals surface area contributed by atoms with Crippen molar-refractivity contribution in [2.75, 3.05) is 19.7 Å². The van der Waals surface area contributed by atoms with Gasteiger partial charge < -0.3 is 15.3 Å². The molecule has 2 amide bonds. The van der Waals surface area contributed by atoms with Crippen molar-refractivity contribution in [3.05, 3.63) is 84.2 Å². The van der Waals surface area contributed by atoms with E-state index in [0.29, 0.717) is 31.9 Å². The highest BCUT2D eigenvalue weighted by atomic mass is 16.3. The Morgan fingerprint density at radius 2 is 1.68 bits per heavy atom. The van der Waals surface area contributed by atoms with Crippen LogP contribution < -0.4 is 5.32 Å². The second-order valence-electron chi connectivity index (χ2n) is 10.1. The number of carbonyl (C=O) groups excluding carboxylic acids is 2. The van der Waals surface area contributed by atoms with Gasteiger partial charge in [-0.2, -0.15) is 0 Å². The van der Waals surface area contributed by atoms with Gasteiger partial charge in [0.1, 0.15) is 6.04 Å². The molecule has 8 heteroatoms. The average Bonchev–Trinajstić information content (AvgIpc) is 2.95. The molecule has 0 unspecified atom stereocenters. The number of amides is 2. The monoisotopic (exact) mass is 515 g/mol. The third-order valence-electron chi connectivity index (χ3n) is 7.04. The van der Waals surface area contributed by atoms with Crippen LogP contribution in [0.2, 0.25) is 0 Å². The van der Waals surface area contributed by atoms with Gasteiger partial charge in [0.2, 0.25) is 11.8 Å². The number of hydrogen-bond donors (Lipinski definition) is 2. The van der Waals surface area contributed by atoms with Crippen LogP contribution in [0.5, 0.6) is 0 Å². The first kappa shape index (κ1) is 27.4. The summed E-state index contributed by atoms with van der Waals surface area (Å²) in [7, 11) is 0. The van der Waals surface area contributed by atoms with Gasteiger partial charge in [-0.3, -0.25) is 14.5 Å². The summed E-state index contributed by atoms with van der Waals surface area (Å²) in [5.41, 5.74) is 2.95. The van der Waals surface area contributed by atoms with Crippen molar-refractivity contribution in [3.63, 3.8) is 0 Å². The van der Waals surface area contributed by atoms with E-state index in [4.69, 9.17) is 0 Å².